The Kier molecular flexibility index (Phi) is 5.04. The molecule has 0 radical (unpaired) electrons. The maximum absolute atomic E-state index is 12.5. The number of amides is 1. The number of aryl methyl sites for hydroxylation is 2. The van der Waals surface area contributed by atoms with E-state index in [0.29, 0.717) is 27.2 Å². The Morgan fingerprint density at radius 2 is 1.96 bits per heavy atom. The van der Waals surface area contributed by atoms with Gasteiger partial charge in [-0.3, -0.25) is 9.59 Å². The van der Waals surface area contributed by atoms with Crippen molar-refractivity contribution in [1.29, 1.82) is 0 Å². The monoisotopic (exact) mass is 386 g/mol. The summed E-state index contributed by atoms with van der Waals surface area (Å²) in [5, 5.41) is 17.8. The first-order valence-corrected chi connectivity index (χ1v) is 9.04. The number of hydrogen-bond donors (Lipinski definition) is 2. The van der Waals surface area contributed by atoms with Gasteiger partial charge in [-0.15, -0.1) is 11.3 Å². The van der Waals surface area contributed by atoms with Crippen molar-refractivity contribution < 1.29 is 14.7 Å². The van der Waals surface area contributed by atoms with Crippen LogP contribution in [0, 0.1) is 6.92 Å². The van der Waals surface area contributed by atoms with Gasteiger partial charge in [-0.25, -0.2) is 14.5 Å². The van der Waals surface area contributed by atoms with Crippen LogP contribution in [0.2, 0.25) is 0 Å². The zero-order valence-corrected chi connectivity index (χ0v) is 15.8. The second-order valence-electron chi connectivity index (χ2n) is 6.16. The number of carbonyl (C=O) groups excluding carboxylic acids is 1. The third-order valence-corrected chi connectivity index (χ3v) is 5.44. The van der Waals surface area contributed by atoms with Gasteiger partial charge < -0.3 is 10.4 Å². The molecule has 3 rings (SSSR count). The first kappa shape index (κ1) is 18.7. The molecule has 0 saturated carbocycles. The van der Waals surface area contributed by atoms with Crippen LogP contribution in [0.1, 0.15) is 39.0 Å². The van der Waals surface area contributed by atoms with E-state index in [4.69, 9.17) is 5.11 Å². The van der Waals surface area contributed by atoms with Gasteiger partial charge in [-0.1, -0.05) is 18.2 Å². The predicted octanol–water partition coefficient (Wildman–Crippen LogP) is 1.82. The van der Waals surface area contributed by atoms with Crippen molar-refractivity contribution in [3.8, 4) is 0 Å². The minimum Gasteiger partial charge on any atom is -0.477 e. The summed E-state index contributed by atoms with van der Waals surface area (Å²) >= 11 is 1.04. The van der Waals surface area contributed by atoms with Crippen LogP contribution in [0.5, 0.6) is 0 Å². The Labute approximate surface area is 158 Å². The minimum atomic E-state index is -1.03. The number of aromatic carboxylic acids is 1. The van der Waals surface area contributed by atoms with E-state index in [9.17, 15) is 14.4 Å². The maximum atomic E-state index is 12.5. The molecule has 2 aromatic heterocycles. The van der Waals surface area contributed by atoms with Gasteiger partial charge in [0.1, 0.15) is 9.88 Å². The number of fused-ring (bicyclic) bond motifs is 1. The lowest BCUT2D eigenvalue weighted by atomic mass is 10.1. The van der Waals surface area contributed by atoms with Gasteiger partial charge in [0, 0.05) is 12.4 Å². The number of hydrogen-bond acceptors (Lipinski definition) is 6. The molecule has 0 bridgehead atoms. The third-order valence-electron chi connectivity index (χ3n) is 4.12. The molecule has 0 aliphatic heterocycles. The zero-order chi connectivity index (χ0) is 19.7. The topological polar surface area (TPSA) is 114 Å². The van der Waals surface area contributed by atoms with Crippen molar-refractivity contribution in [2.75, 3.05) is 0 Å². The molecular formula is C18H18N4O4S. The molecule has 0 spiro atoms. The molecule has 1 aromatic carbocycles. The van der Waals surface area contributed by atoms with Crippen LogP contribution in [0.3, 0.4) is 0 Å². The van der Waals surface area contributed by atoms with Crippen LogP contribution in [0.15, 0.2) is 29.1 Å². The molecule has 0 aliphatic carbocycles. The second kappa shape index (κ2) is 7.28. The summed E-state index contributed by atoms with van der Waals surface area (Å²) in [7, 11) is 1.55. The Hall–Kier alpha value is -3.07. The van der Waals surface area contributed by atoms with Gasteiger partial charge in [0.05, 0.1) is 29.2 Å². The first-order chi connectivity index (χ1) is 12.8. The van der Waals surface area contributed by atoms with Gasteiger partial charge in [-0.05, 0) is 19.9 Å². The number of nitrogens with zero attached hydrogens (tertiary/aromatic N) is 3. The standard InChI is InChI=1S/C18H18N4O4S/c1-9-15(18(25)26)27-16(20-9)10(2)19-14(23)8-13-11-6-4-5-7-12(11)17(24)22(3)21-13/h4-7,10H,8H2,1-3H3,(H,19,23)(H,25,26). The second-order valence-corrected chi connectivity index (χ2v) is 7.19. The molecule has 3 aromatic rings. The summed E-state index contributed by atoms with van der Waals surface area (Å²) < 4.78 is 1.22. The van der Waals surface area contributed by atoms with Crippen LogP contribution in [0.4, 0.5) is 0 Å². The Morgan fingerprint density at radius 3 is 2.59 bits per heavy atom. The highest BCUT2D eigenvalue weighted by molar-refractivity contribution is 7.13. The highest BCUT2D eigenvalue weighted by Gasteiger charge is 2.20. The largest absolute Gasteiger partial charge is 0.477 e. The van der Waals surface area contributed by atoms with Crippen molar-refractivity contribution in [2.24, 2.45) is 7.05 Å². The average molecular weight is 386 g/mol. The molecule has 1 amide bonds. The van der Waals surface area contributed by atoms with Crippen LogP contribution >= 0.6 is 11.3 Å². The minimum absolute atomic E-state index is 0.00484. The van der Waals surface area contributed by atoms with E-state index < -0.39 is 12.0 Å². The van der Waals surface area contributed by atoms with E-state index in [2.05, 4.69) is 15.4 Å². The lowest BCUT2D eigenvalue weighted by Gasteiger charge is -2.12. The molecule has 2 N–H and O–H groups in total. The van der Waals surface area contributed by atoms with Crippen LogP contribution < -0.4 is 10.9 Å². The van der Waals surface area contributed by atoms with E-state index in [0.717, 1.165) is 11.3 Å². The number of rotatable bonds is 5. The van der Waals surface area contributed by atoms with Gasteiger partial charge in [-0.2, -0.15) is 5.10 Å². The molecule has 0 aliphatic rings. The van der Waals surface area contributed by atoms with Crippen LogP contribution in [-0.2, 0) is 18.3 Å². The fourth-order valence-corrected chi connectivity index (χ4v) is 3.72. The summed E-state index contributed by atoms with van der Waals surface area (Å²) in [6.07, 6.45) is -0.00484. The molecule has 140 valence electrons. The summed E-state index contributed by atoms with van der Waals surface area (Å²) in [6, 6.07) is 6.58. The summed E-state index contributed by atoms with van der Waals surface area (Å²) in [5.41, 5.74) is 0.704. The summed E-state index contributed by atoms with van der Waals surface area (Å²) in [6.45, 7) is 3.37. The normalized spacial score (nSPS) is 12.1. The Bertz CT molecular complexity index is 1100. The SMILES string of the molecule is Cc1nc(C(C)NC(=O)Cc2nn(C)c(=O)c3ccccc23)sc1C(=O)O. The molecule has 8 nitrogen and oxygen atoms in total. The Balaban J connectivity index is 1.81. The molecular weight excluding hydrogens is 368 g/mol. The molecule has 27 heavy (non-hydrogen) atoms. The van der Waals surface area contributed by atoms with E-state index in [1.165, 1.54) is 4.68 Å². The Morgan fingerprint density at radius 1 is 1.30 bits per heavy atom. The summed E-state index contributed by atoms with van der Waals surface area (Å²) in [4.78, 5) is 40.2. The summed E-state index contributed by atoms with van der Waals surface area (Å²) in [5.74, 6) is -1.32. The first-order valence-electron chi connectivity index (χ1n) is 8.23. The van der Waals surface area contributed by atoms with Gasteiger partial charge in [0.2, 0.25) is 5.91 Å². The fourth-order valence-electron chi connectivity index (χ4n) is 2.81. The smallest absolute Gasteiger partial charge is 0.347 e. The van der Waals surface area contributed by atoms with E-state index in [1.807, 2.05) is 0 Å². The molecule has 1 unspecified atom stereocenters. The van der Waals surface area contributed by atoms with Gasteiger partial charge >= 0.3 is 5.97 Å². The van der Waals surface area contributed by atoms with Crippen molar-refractivity contribution in [1.82, 2.24) is 20.1 Å². The van der Waals surface area contributed by atoms with Gasteiger partial charge in [0.15, 0.2) is 0 Å². The number of benzene rings is 1. The average Bonchev–Trinajstić information content (AvgIpc) is 3.01. The number of nitrogens with one attached hydrogen (secondary N) is 1. The van der Waals surface area contributed by atoms with Crippen molar-refractivity contribution in [3.63, 3.8) is 0 Å². The number of carbonyl (C=O) groups is 2. The predicted molar refractivity (Wildman–Crippen MR) is 101 cm³/mol. The van der Waals surface area contributed by atoms with E-state index in [1.54, 1.807) is 45.2 Å². The molecule has 1 atom stereocenters. The molecule has 0 fully saturated rings. The highest BCUT2D eigenvalue weighted by Crippen LogP contribution is 2.23. The van der Waals surface area contributed by atoms with E-state index >= 15 is 0 Å². The fraction of sp³-hybridized carbons (Fsp3) is 0.278. The lowest BCUT2D eigenvalue weighted by Crippen LogP contribution is -2.30. The highest BCUT2D eigenvalue weighted by atomic mass is 32.1. The third kappa shape index (κ3) is 3.72. The molecule has 9 heteroatoms. The molecule has 0 saturated heterocycles. The number of carboxylic acids is 1. The number of carboxylic acid groups (broad SMARTS) is 1. The zero-order valence-electron chi connectivity index (χ0n) is 15.0. The van der Waals surface area contributed by atoms with Crippen molar-refractivity contribution >= 4 is 34.0 Å². The molecule has 2 heterocycles. The van der Waals surface area contributed by atoms with Crippen LogP contribution in [0.25, 0.3) is 10.8 Å². The lowest BCUT2D eigenvalue weighted by molar-refractivity contribution is -0.121. The number of thiazole rings is 1. The van der Waals surface area contributed by atoms with Crippen molar-refractivity contribution in [2.45, 2.75) is 26.3 Å². The maximum Gasteiger partial charge on any atom is 0.347 e. The quantitative estimate of drug-likeness (QED) is 0.691. The van der Waals surface area contributed by atoms with E-state index in [-0.39, 0.29) is 22.8 Å². The van der Waals surface area contributed by atoms with Gasteiger partial charge in [0.25, 0.3) is 5.56 Å². The van der Waals surface area contributed by atoms with Crippen molar-refractivity contribution in [3.05, 3.63) is 55.9 Å². The number of aromatic nitrogens is 3. The van der Waals surface area contributed by atoms with Crippen LogP contribution in [-0.4, -0.2) is 31.7 Å².